The van der Waals surface area contributed by atoms with Gasteiger partial charge in [0.15, 0.2) is 9.84 Å². The molecule has 0 aliphatic heterocycles. The summed E-state index contributed by atoms with van der Waals surface area (Å²) >= 11 is 0. The van der Waals surface area contributed by atoms with E-state index in [0.29, 0.717) is 6.29 Å². The molecule has 3 rings (SSSR count). The van der Waals surface area contributed by atoms with Crippen LogP contribution in [0.1, 0.15) is 5.56 Å². The largest absolute Gasteiger partial charge is 0.298 e. The lowest BCUT2D eigenvalue weighted by Crippen LogP contribution is -2.20. The van der Waals surface area contributed by atoms with Crippen LogP contribution in [0.2, 0.25) is 0 Å². The lowest BCUT2D eigenvalue weighted by atomic mass is 10.0. The van der Waals surface area contributed by atoms with Crippen molar-refractivity contribution in [2.45, 2.75) is 10.1 Å². The Labute approximate surface area is 132 Å². The first kappa shape index (κ1) is 15.3. The van der Waals surface area contributed by atoms with Crippen LogP contribution >= 0.6 is 0 Å². The maximum absolute atomic E-state index is 14.1. The van der Waals surface area contributed by atoms with Gasteiger partial charge in [0.25, 0.3) is 0 Å². The van der Waals surface area contributed by atoms with Gasteiger partial charge in [0, 0.05) is 23.5 Å². The van der Waals surface area contributed by atoms with Gasteiger partial charge < -0.3 is 0 Å². The Morgan fingerprint density at radius 2 is 1.78 bits per heavy atom. The maximum atomic E-state index is 14.1. The van der Waals surface area contributed by atoms with E-state index in [1.807, 2.05) is 0 Å². The summed E-state index contributed by atoms with van der Waals surface area (Å²) in [4.78, 5) is 14.9. The van der Waals surface area contributed by atoms with Crippen molar-refractivity contribution in [1.82, 2.24) is 4.98 Å². The Balaban J connectivity index is 2.14. The normalized spacial score (nSPS) is 17.5. The molecular weight excluding hydrogens is 317 g/mol. The number of aldehydes is 1. The molecule has 0 saturated carbocycles. The molecule has 1 heterocycles. The number of pyridine rings is 1. The molecule has 0 N–H and O–H groups in total. The Morgan fingerprint density at radius 1 is 1.09 bits per heavy atom. The number of sulfone groups is 1. The Hall–Kier alpha value is -2.60. The highest BCUT2D eigenvalue weighted by Crippen LogP contribution is 2.35. The van der Waals surface area contributed by atoms with Gasteiger partial charge in [0.05, 0.1) is 4.90 Å². The van der Waals surface area contributed by atoms with Crippen molar-refractivity contribution in [3.8, 4) is 0 Å². The average Bonchev–Trinajstić information content (AvgIpc) is 3.01. The first-order valence-electron chi connectivity index (χ1n) is 6.81. The second-order valence-corrected chi connectivity index (χ2v) is 7.08. The van der Waals surface area contributed by atoms with E-state index in [1.165, 1.54) is 54.9 Å². The lowest BCUT2D eigenvalue weighted by molar-refractivity contribution is -0.104. The second kappa shape index (κ2) is 5.89. The molecule has 2 aromatic rings. The van der Waals surface area contributed by atoms with Gasteiger partial charge in [-0.1, -0.05) is 24.3 Å². The number of allylic oxidation sites excluding steroid dienone is 2. The number of rotatable bonds is 4. The molecule has 0 spiro atoms. The molecule has 4 nitrogen and oxygen atoms in total. The summed E-state index contributed by atoms with van der Waals surface area (Å²) in [5.41, 5.74) is 0.635. The van der Waals surface area contributed by atoms with E-state index in [-0.39, 0.29) is 21.6 Å². The molecule has 1 unspecified atom stereocenters. The van der Waals surface area contributed by atoms with Gasteiger partial charge in [-0.05, 0) is 29.8 Å². The molecule has 1 aliphatic rings. The van der Waals surface area contributed by atoms with E-state index >= 15 is 0 Å². The number of benzene rings is 1. The van der Waals surface area contributed by atoms with E-state index in [2.05, 4.69) is 4.98 Å². The Morgan fingerprint density at radius 3 is 2.43 bits per heavy atom. The highest BCUT2D eigenvalue weighted by molar-refractivity contribution is 7.92. The lowest BCUT2D eigenvalue weighted by Gasteiger charge is -2.15. The number of aromatic nitrogens is 1. The fourth-order valence-corrected chi connectivity index (χ4v) is 4.17. The Bertz CT molecular complexity index is 918. The SMILES string of the molecule is O=CC1=CC(S(=O)(=O)c2ccncc2)C(c2ccccc2F)=C1. The third-order valence-corrected chi connectivity index (χ3v) is 5.59. The number of nitrogens with zero attached hydrogens (tertiary/aromatic N) is 1. The fourth-order valence-electron chi connectivity index (χ4n) is 2.51. The van der Waals surface area contributed by atoms with Crippen molar-refractivity contribution in [3.63, 3.8) is 0 Å². The molecule has 0 saturated heterocycles. The number of carbonyl (C=O) groups is 1. The molecular formula is C17H12FNO3S. The molecule has 0 bridgehead atoms. The topological polar surface area (TPSA) is 64.1 Å². The van der Waals surface area contributed by atoms with Crippen LogP contribution in [0.4, 0.5) is 4.39 Å². The van der Waals surface area contributed by atoms with Gasteiger partial charge in [-0.15, -0.1) is 0 Å². The van der Waals surface area contributed by atoms with Crippen LogP contribution < -0.4 is 0 Å². The smallest absolute Gasteiger partial charge is 0.189 e. The van der Waals surface area contributed by atoms with Gasteiger partial charge in [-0.2, -0.15) is 0 Å². The van der Waals surface area contributed by atoms with Gasteiger partial charge in [0.1, 0.15) is 17.4 Å². The molecule has 116 valence electrons. The fraction of sp³-hybridized carbons (Fsp3) is 0.0588. The van der Waals surface area contributed by atoms with Crippen molar-refractivity contribution in [2.24, 2.45) is 0 Å². The van der Waals surface area contributed by atoms with Crippen molar-refractivity contribution >= 4 is 21.7 Å². The zero-order valence-electron chi connectivity index (χ0n) is 11.9. The predicted octanol–water partition coefficient (Wildman–Crippen LogP) is 2.59. The third kappa shape index (κ3) is 2.73. The van der Waals surface area contributed by atoms with Crippen LogP contribution in [0.3, 0.4) is 0 Å². The Kier molecular flexibility index (Phi) is 3.92. The molecule has 1 aliphatic carbocycles. The van der Waals surface area contributed by atoms with Crippen LogP contribution in [-0.2, 0) is 14.6 Å². The minimum absolute atomic E-state index is 0.0724. The zero-order valence-corrected chi connectivity index (χ0v) is 12.7. The molecule has 0 radical (unpaired) electrons. The van der Waals surface area contributed by atoms with E-state index in [0.717, 1.165) is 0 Å². The van der Waals surface area contributed by atoms with E-state index < -0.39 is 20.9 Å². The number of carbonyl (C=O) groups excluding carboxylic acids is 1. The van der Waals surface area contributed by atoms with Crippen LogP contribution in [0.15, 0.2) is 71.4 Å². The average molecular weight is 329 g/mol. The van der Waals surface area contributed by atoms with Crippen LogP contribution in [0.5, 0.6) is 0 Å². The summed E-state index contributed by atoms with van der Waals surface area (Å²) in [5, 5.41) is -1.11. The quantitative estimate of drug-likeness (QED) is 0.809. The maximum Gasteiger partial charge on any atom is 0.189 e. The molecule has 0 amide bonds. The summed E-state index contributed by atoms with van der Waals surface area (Å²) < 4.78 is 39.8. The summed E-state index contributed by atoms with van der Waals surface area (Å²) in [5.74, 6) is -0.533. The highest BCUT2D eigenvalue weighted by Gasteiger charge is 2.34. The minimum Gasteiger partial charge on any atom is -0.298 e. The summed E-state index contributed by atoms with van der Waals surface area (Å²) in [6.45, 7) is 0. The summed E-state index contributed by atoms with van der Waals surface area (Å²) in [6.07, 6.45) is 6.06. The second-order valence-electron chi connectivity index (χ2n) is 5.01. The van der Waals surface area contributed by atoms with E-state index in [4.69, 9.17) is 0 Å². The van der Waals surface area contributed by atoms with Gasteiger partial charge >= 0.3 is 0 Å². The van der Waals surface area contributed by atoms with Gasteiger partial charge in [-0.25, -0.2) is 12.8 Å². The summed E-state index contributed by atoms with van der Waals surface area (Å²) in [6, 6.07) is 8.65. The van der Waals surface area contributed by atoms with Gasteiger partial charge in [-0.3, -0.25) is 9.78 Å². The van der Waals surface area contributed by atoms with Crippen molar-refractivity contribution < 1.29 is 17.6 Å². The standard InChI is InChI=1S/C17H12FNO3S/c18-16-4-2-1-3-14(16)15-9-12(11-20)10-17(15)23(21,22)13-5-7-19-8-6-13/h1-11,17H. The molecule has 6 heteroatoms. The number of hydrogen-bond acceptors (Lipinski definition) is 4. The van der Waals surface area contributed by atoms with Crippen molar-refractivity contribution in [3.05, 3.63) is 77.9 Å². The third-order valence-electron chi connectivity index (χ3n) is 3.61. The predicted molar refractivity (Wildman–Crippen MR) is 83.7 cm³/mol. The zero-order chi connectivity index (χ0) is 16.4. The molecule has 23 heavy (non-hydrogen) atoms. The first-order valence-corrected chi connectivity index (χ1v) is 8.36. The molecule has 1 aromatic heterocycles. The molecule has 1 aromatic carbocycles. The van der Waals surface area contributed by atoms with E-state index in [9.17, 15) is 17.6 Å². The van der Waals surface area contributed by atoms with Crippen LogP contribution in [0, 0.1) is 5.82 Å². The van der Waals surface area contributed by atoms with Crippen molar-refractivity contribution in [2.75, 3.05) is 0 Å². The van der Waals surface area contributed by atoms with E-state index in [1.54, 1.807) is 6.07 Å². The highest BCUT2D eigenvalue weighted by atomic mass is 32.2. The van der Waals surface area contributed by atoms with Gasteiger partial charge in [0.2, 0.25) is 0 Å². The first-order chi connectivity index (χ1) is 11.0. The molecule has 1 atom stereocenters. The van der Waals surface area contributed by atoms with Crippen LogP contribution in [-0.4, -0.2) is 24.9 Å². The monoisotopic (exact) mass is 329 g/mol. The van der Waals surface area contributed by atoms with Crippen molar-refractivity contribution in [1.29, 1.82) is 0 Å². The molecule has 0 fully saturated rings. The summed E-state index contributed by atoms with van der Waals surface area (Å²) in [7, 11) is -3.81. The number of hydrogen-bond donors (Lipinski definition) is 0. The minimum atomic E-state index is -3.81. The number of halogens is 1. The van der Waals surface area contributed by atoms with Crippen LogP contribution in [0.25, 0.3) is 5.57 Å².